The Morgan fingerprint density at radius 3 is 2.52 bits per heavy atom. The Morgan fingerprint density at radius 1 is 1.30 bits per heavy atom. The van der Waals surface area contributed by atoms with Crippen molar-refractivity contribution in [1.82, 2.24) is 5.32 Å². The van der Waals surface area contributed by atoms with Crippen LogP contribution in [0.1, 0.15) is 44.2 Å². The van der Waals surface area contributed by atoms with Crippen LogP contribution >= 0.6 is 0 Å². The second kappa shape index (κ2) is 6.13. The predicted molar refractivity (Wildman–Crippen MR) is 85.9 cm³/mol. The standard InChI is InChI=1S/C16H23NO5S/c1-10-6-7-11(23(19,20)21-5)8-12(10)13-9-14(13)17-15(18)22-16(2,3)4/h6-8,13-14H,9H2,1-5H3,(H,17,18)/t13-,14+/m0/s1. The first-order valence-corrected chi connectivity index (χ1v) is 8.85. The minimum atomic E-state index is -3.72. The fraction of sp³-hybridized carbons (Fsp3) is 0.562. The van der Waals surface area contributed by atoms with Gasteiger partial charge in [0.1, 0.15) is 5.60 Å². The van der Waals surface area contributed by atoms with Crippen LogP contribution in [0.5, 0.6) is 0 Å². The molecule has 0 heterocycles. The third-order valence-electron chi connectivity index (χ3n) is 3.65. The Labute approximate surface area is 137 Å². The van der Waals surface area contributed by atoms with Gasteiger partial charge in [-0.25, -0.2) is 4.79 Å². The Bertz CT molecular complexity index is 706. The number of hydrogen-bond donors (Lipinski definition) is 1. The molecule has 1 amide bonds. The summed E-state index contributed by atoms with van der Waals surface area (Å²) in [6.45, 7) is 7.34. The van der Waals surface area contributed by atoms with Crippen LogP contribution in [0.15, 0.2) is 23.1 Å². The van der Waals surface area contributed by atoms with Crippen LogP contribution in [-0.4, -0.2) is 33.3 Å². The zero-order chi connectivity index (χ0) is 17.4. The van der Waals surface area contributed by atoms with E-state index in [0.29, 0.717) is 0 Å². The van der Waals surface area contributed by atoms with Gasteiger partial charge in [-0.1, -0.05) is 6.07 Å². The molecule has 0 saturated heterocycles. The normalized spacial score (nSPS) is 20.9. The summed E-state index contributed by atoms with van der Waals surface area (Å²) in [4.78, 5) is 11.9. The number of amides is 1. The lowest BCUT2D eigenvalue weighted by Crippen LogP contribution is -2.34. The first-order valence-electron chi connectivity index (χ1n) is 7.44. The fourth-order valence-electron chi connectivity index (χ4n) is 2.43. The van der Waals surface area contributed by atoms with Crippen molar-refractivity contribution in [2.75, 3.05) is 7.11 Å². The third-order valence-corrected chi connectivity index (χ3v) is 4.92. The molecule has 6 nitrogen and oxygen atoms in total. The average Bonchev–Trinajstić information content (AvgIpc) is 3.15. The number of rotatable bonds is 4. The Kier molecular flexibility index (Phi) is 4.73. The van der Waals surface area contributed by atoms with E-state index >= 15 is 0 Å². The summed E-state index contributed by atoms with van der Waals surface area (Å²) in [6, 6.07) is 4.86. The number of nitrogens with one attached hydrogen (secondary N) is 1. The number of ether oxygens (including phenoxy) is 1. The molecule has 2 rings (SSSR count). The highest BCUT2D eigenvalue weighted by molar-refractivity contribution is 7.86. The molecule has 2 atom stereocenters. The summed E-state index contributed by atoms with van der Waals surface area (Å²) in [5.74, 6) is 0.0922. The van der Waals surface area contributed by atoms with Crippen molar-refractivity contribution < 1.29 is 22.1 Å². The monoisotopic (exact) mass is 341 g/mol. The van der Waals surface area contributed by atoms with E-state index in [4.69, 9.17) is 4.74 Å². The topological polar surface area (TPSA) is 81.7 Å². The van der Waals surface area contributed by atoms with Gasteiger partial charge in [0, 0.05) is 12.0 Å². The minimum absolute atomic E-state index is 0.0379. The van der Waals surface area contributed by atoms with Crippen LogP contribution in [0.2, 0.25) is 0 Å². The van der Waals surface area contributed by atoms with E-state index in [0.717, 1.165) is 24.7 Å². The zero-order valence-electron chi connectivity index (χ0n) is 14.0. The van der Waals surface area contributed by atoms with E-state index in [1.54, 1.807) is 32.9 Å². The molecule has 1 saturated carbocycles. The Balaban J connectivity index is 2.10. The lowest BCUT2D eigenvalue weighted by atomic mass is 10.0. The Hall–Kier alpha value is -1.60. The smallest absolute Gasteiger partial charge is 0.407 e. The summed E-state index contributed by atoms with van der Waals surface area (Å²) < 4.78 is 33.4. The van der Waals surface area contributed by atoms with E-state index in [2.05, 4.69) is 9.50 Å². The summed E-state index contributed by atoms with van der Waals surface area (Å²) in [5, 5.41) is 2.82. The van der Waals surface area contributed by atoms with Gasteiger partial charge in [-0.15, -0.1) is 0 Å². The van der Waals surface area contributed by atoms with Crippen LogP contribution in [0, 0.1) is 6.92 Å². The van der Waals surface area contributed by atoms with Crippen LogP contribution in [0.3, 0.4) is 0 Å². The second-order valence-electron chi connectivity index (χ2n) is 6.73. The van der Waals surface area contributed by atoms with E-state index in [1.165, 1.54) is 6.07 Å². The van der Waals surface area contributed by atoms with Crippen LogP contribution in [0.4, 0.5) is 4.79 Å². The average molecular weight is 341 g/mol. The highest BCUT2D eigenvalue weighted by Gasteiger charge is 2.41. The summed E-state index contributed by atoms with van der Waals surface area (Å²) in [6.07, 6.45) is 0.305. The van der Waals surface area contributed by atoms with Crippen molar-refractivity contribution in [3.05, 3.63) is 29.3 Å². The summed E-state index contributed by atoms with van der Waals surface area (Å²) in [5.41, 5.74) is 1.35. The molecular formula is C16H23NO5S. The molecule has 0 radical (unpaired) electrons. The van der Waals surface area contributed by atoms with Gasteiger partial charge >= 0.3 is 6.09 Å². The van der Waals surface area contributed by atoms with Crippen molar-refractivity contribution in [2.45, 2.75) is 56.6 Å². The van der Waals surface area contributed by atoms with E-state index in [1.807, 2.05) is 6.92 Å². The number of hydrogen-bond acceptors (Lipinski definition) is 5. The summed E-state index contributed by atoms with van der Waals surface area (Å²) in [7, 11) is -2.58. The SMILES string of the molecule is COS(=O)(=O)c1ccc(C)c([C@@H]2C[C@H]2NC(=O)OC(C)(C)C)c1. The molecular weight excluding hydrogens is 318 g/mol. The Morgan fingerprint density at radius 2 is 1.96 bits per heavy atom. The van der Waals surface area contributed by atoms with Gasteiger partial charge in [-0.3, -0.25) is 4.18 Å². The maximum atomic E-state index is 11.8. The molecule has 0 spiro atoms. The predicted octanol–water partition coefficient (Wildman–Crippen LogP) is 2.71. The van der Waals surface area contributed by atoms with Gasteiger partial charge in [-0.2, -0.15) is 8.42 Å². The number of benzene rings is 1. The molecule has 1 fully saturated rings. The van der Waals surface area contributed by atoms with Crippen LogP contribution < -0.4 is 5.32 Å². The lowest BCUT2D eigenvalue weighted by molar-refractivity contribution is 0.0522. The third kappa shape index (κ3) is 4.45. The molecule has 23 heavy (non-hydrogen) atoms. The van der Waals surface area contributed by atoms with Gasteiger partial charge < -0.3 is 10.1 Å². The summed E-state index contributed by atoms with van der Waals surface area (Å²) >= 11 is 0. The highest BCUT2D eigenvalue weighted by Crippen LogP contribution is 2.43. The molecule has 7 heteroatoms. The van der Waals surface area contributed by atoms with Gasteiger partial charge in [0.2, 0.25) is 0 Å². The first kappa shape index (κ1) is 17.7. The van der Waals surface area contributed by atoms with Crippen LogP contribution in [0.25, 0.3) is 0 Å². The van der Waals surface area contributed by atoms with Crippen molar-refractivity contribution in [1.29, 1.82) is 0 Å². The van der Waals surface area contributed by atoms with E-state index < -0.39 is 21.8 Å². The largest absolute Gasteiger partial charge is 0.444 e. The minimum Gasteiger partial charge on any atom is -0.444 e. The van der Waals surface area contributed by atoms with Gasteiger partial charge in [0.15, 0.2) is 0 Å². The maximum Gasteiger partial charge on any atom is 0.407 e. The fourth-order valence-corrected chi connectivity index (χ4v) is 3.13. The molecule has 1 aromatic rings. The van der Waals surface area contributed by atoms with Crippen molar-refractivity contribution in [3.63, 3.8) is 0 Å². The van der Waals surface area contributed by atoms with E-state index in [-0.39, 0.29) is 16.9 Å². The first-order chi connectivity index (χ1) is 10.5. The lowest BCUT2D eigenvalue weighted by Gasteiger charge is -2.19. The molecule has 0 unspecified atom stereocenters. The van der Waals surface area contributed by atoms with Gasteiger partial charge in [-0.05, 0) is 57.4 Å². The number of carbonyl (C=O) groups excluding carboxylic acids is 1. The van der Waals surface area contributed by atoms with Crippen molar-refractivity contribution >= 4 is 16.2 Å². The van der Waals surface area contributed by atoms with E-state index in [9.17, 15) is 13.2 Å². The number of alkyl carbamates (subject to hydrolysis) is 1. The molecule has 1 N–H and O–H groups in total. The second-order valence-corrected chi connectivity index (χ2v) is 8.45. The molecule has 1 aliphatic carbocycles. The molecule has 128 valence electrons. The van der Waals surface area contributed by atoms with Crippen molar-refractivity contribution in [3.8, 4) is 0 Å². The molecule has 0 aromatic heterocycles. The highest BCUT2D eigenvalue weighted by atomic mass is 32.2. The quantitative estimate of drug-likeness (QED) is 0.852. The van der Waals surface area contributed by atoms with Crippen molar-refractivity contribution in [2.24, 2.45) is 0 Å². The molecule has 1 aliphatic rings. The van der Waals surface area contributed by atoms with Crippen LogP contribution in [-0.2, 0) is 19.0 Å². The number of carbonyl (C=O) groups is 1. The van der Waals surface area contributed by atoms with Gasteiger partial charge in [0.25, 0.3) is 10.1 Å². The number of aryl methyl sites for hydroxylation is 1. The molecule has 0 aliphatic heterocycles. The molecule has 0 bridgehead atoms. The molecule has 1 aromatic carbocycles. The van der Waals surface area contributed by atoms with Gasteiger partial charge in [0.05, 0.1) is 12.0 Å². The maximum absolute atomic E-state index is 11.8. The zero-order valence-corrected chi connectivity index (χ0v) is 14.9.